The zero-order valence-electron chi connectivity index (χ0n) is 11.3. The van der Waals surface area contributed by atoms with E-state index in [4.69, 9.17) is 5.26 Å². The van der Waals surface area contributed by atoms with Crippen molar-refractivity contribution in [1.29, 1.82) is 5.26 Å². The summed E-state index contributed by atoms with van der Waals surface area (Å²) in [6.45, 7) is 1.81. The van der Waals surface area contributed by atoms with Crippen LogP contribution in [-0.2, 0) is 14.8 Å². The fourth-order valence-electron chi connectivity index (χ4n) is 2.25. The summed E-state index contributed by atoms with van der Waals surface area (Å²) >= 11 is 1.30. The minimum Gasteiger partial charge on any atom is -0.480 e. The second-order valence-corrected chi connectivity index (χ2v) is 7.52. The molecule has 0 amide bonds. The van der Waals surface area contributed by atoms with Gasteiger partial charge in [0.25, 0.3) is 0 Å². The smallest absolute Gasteiger partial charge is 0.322 e. The van der Waals surface area contributed by atoms with Gasteiger partial charge in [0.1, 0.15) is 17.0 Å². The summed E-state index contributed by atoms with van der Waals surface area (Å²) < 4.78 is 26.6. The zero-order valence-corrected chi connectivity index (χ0v) is 12.9. The van der Waals surface area contributed by atoms with E-state index in [0.717, 1.165) is 4.31 Å². The molecule has 0 saturated carbocycles. The number of hydrogen-bond acceptors (Lipinski definition) is 5. The molecule has 1 heterocycles. The molecule has 1 aromatic carbocycles. The first-order valence-corrected chi connectivity index (χ1v) is 8.79. The minimum atomic E-state index is -4.03. The molecule has 2 rings (SSSR count). The van der Waals surface area contributed by atoms with Gasteiger partial charge in [-0.3, -0.25) is 4.79 Å². The summed E-state index contributed by atoms with van der Waals surface area (Å²) in [7, 11) is -4.03. The normalized spacial score (nSPS) is 22.9. The highest BCUT2D eigenvalue weighted by Gasteiger charge is 2.46. The van der Waals surface area contributed by atoms with Gasteiger partial charge in [-0.25, -0.2) is 8.42 Å². The quantitative estimate of drug-likeness (QED) is 0.900. The molecule has 0 bridgehead atoms. The third-order valence-electron chi connectivity index (χ3n) is 3.23. The van der Waals surface area contributed by atoms with Crippen molar-refractivity contribution < 1.29 is 18.3 Å². The maximum Gasteiger partial charge on any atom is 0.322 e. The highest BCUT2D eigenvalue weighted by atomic mass is 32.2. The van der Waals surface area contributed by atoms with E-state index < -0.39 is 27.4 Å². The number of nitrogens with zero attached hydrogens (tertiary/aromatic N) is 2. The van der Waals surface area contributed by atoms with Crippen molar-refractivity contribution in [3.63, 3.8) is 0 Å². The largest absolute Gasteiger partial charge is 0.480 e. The zero-order chi connectivity index (χ0) is 15.6. The number of carboxylic acid groups (broad SMARTS) is 1. The molecule has 0 spiro atoms. The maximum atomic E-state index is 12.8. The number of nitriles is 1. The van der Waals surface area contributed by atoms with E-state index in [0.29, 0.717) is 6.42 Å². The van der Waals surface area contributed by atoms with Crippen molar-refractivity contribution in [3.8, 4) is 6.07 Å². The minimum absolute atomic E-state index is 0.0217. The molecule has 21 heavy (non-hydrogen) atoms. The molecule has 2 unspecified atom stereocenters. The van der Waals surface area contributed by atoms with Crippen molar-refractivity contribution in [2.24, 2.45) is 0 Å². The number of thioether (sulfide) groups is 1. The van der Waals surface area contributed by atoms with Gasteiger partial charge >= 0.3 is 5.97 Å². The summed E-state index contributed by atoms with van der Waals surface area (Å²) in [6, 6.07) is 6.58. The van der Waals surface area contributed by atoms with Crippen LogP contribution >= 0.6 is 11.8 Å². The standard InChI is InChI=1S/C13H14N2O4S2/c1-2-12-15(10(8-20-12)13(16)17)21(18,19)11-6-4-3-5-9(11)7-14/h3-6,10,12H,2,8H2,1H3,(H,16,17). The molecule has 8 heteroatoms. The lowest BCUT2D eigenvalue weighted by atomic mass is 10.2. The van der Waals surface area contributed by atoms with Gasteiger partial charge in [0.15, 0.2) is 0 Å². The molecule has 112 valence electrons. The van der Waals surface area contributed by atoms with Crippen LogP contribution in [0.25, 0.3) is 0 Å². The van der Waals surface area contributed by atoms with E-state index in [-0.39, 0.29) is 16.2 Å². The Morgan fingerprint density at radius 1 is 1.52 bits per heavy atom. The highest BCUT2D eigenvalue weighted by molar-refractivity contribution is 8.01. The number of sulfonamides is 1. The molecule has 1 aliphatic rings. The molecular formula is C13H14N2O4S2. The van der Waals surface area contributed by atoms with Crippen LogP contribution in [-0.4, -0.2) is 41.0 Å². The summed E-state index contributed by atoms with van der Waals surface area (Å²) in [5.41, 5.74) is 0.0217. The Bertz CT molecular complexity index is 696. The number of carbonyl (C=O) groups is 1. The van der Waals surface area contributed by atoms with E-state index in [9.17, 15) is 18.3 Å². The van der Waals surface area contributed by atoms with E-state index in [2.05, 4.69) is 0 Å². The number of carboxylic acids is 1. The van der Waals surface area contributed by atoms with Crippen LogP contribution in [0.4, 0.5) is 0 Å². The van der Waals surface area contributed by atoms with Crippen LogP contribution in [0.5, 0.6) is 0 Å². The number of aliphatic carboxylic acids is 1. The van der Waals surface area contributed by atoms with Crippen molar-refractivity contribution in [2.75, 3.05) is 5.75 Å². The SMILES string of the molecule is CCC1SCC(C(=O)O)N1S(=O)(=O)c1ccccc1C#N. The molecular weight excluding hydrogens is 312 g/mol. The Hall–Kier alpha value is -1.56. The number of benzene rings is 1. The summed E-state index contributed by atoms with van der Waals surface area (Å²) in [5.74, 6) is -0.960. The predicted molar refractivity (Wildman–Crippen MR) is 78.1 cm³/mol. The highest BCUT2D eigenvalue weighted by Crippen LogP contribution is 2.36. The molecule has 1 N–H and O–H groups in total. The Balaban J connectivity index is 2.55. The topological polar surface area (TPSA) is 98.5 Å². The summed E-state index contributed by atoms with van der Waals surface area (Å²) in [4.78, 5) is 11.2. The van der Waals surface area contributed by atoms with E-state index in [1.165, 1.54) is 30.0 Å². The molecule has 0 radical (unpaired) electrons. The van der Waals surface area contributed by atoms with Crippen molar-refractivity contribution in [1.82, 2.24) is 4.31 Å². The molecule has 1 fully saturated rings. The monoisotopic (exact) mass is 326 g/mol. The average molecular weight is 326 g/mol. The van der Waals surface area contributed by atoms with Crippen LogP contribution in [0.3, 0.4) is 0 Å². The lowest BCUT2D eigenvalue weighted by Crippen LogP contribution is -2.45. The first-order valence-electron chi connectivity index (χ1n) is 6.30. The van der Waals surface area contributed by atoms with Crippen LogP contribution in [0, 0.1) is 11.3 Å². The van der Waals surface area contributed by atoms with Crippen LogP contribution in [0.1, 0.15) is 18.9 Å². The van der Waals surface area contributed by atoms with E-state index in [1.54, 1.807) is 13.0 Å². The maximum absolute atomic E-state index is 12.8. The summed E-state index contributed by atoms with van der Waals surface area (Å²) in [5, 5.41) is 17.9. The second-order valence-electron chi connectivity index (χ2n) is 4.49. The third-order valence-corrected chi connectivity index (χ3v) is 6.80. The van der Waals surface area contributed by atoms with Gasteiger partial charge in [-0.05, 0) is 18.6 Å². The average Bonchev–Trinajstić information content (AvgIpc) is 2.92. The van der Waals surface area contributed by atoms with Crippen molar-refractivity contribution in [2.45, 2.75) is 29.7 Å². The first kappa shape index (κ1) is 15.8. The first-order chi connectivity index (χ1) is 9.93. The van der Waals surface area contributed by atoms with E-state index in [1.807, 2.05) is 6.07 Å². The van der Waals surface area contributed by atoms with Crippen LogP contribution < -0.4 is 0 Å². The Labute approximate surface area is 127 Å². The van der Waals surface area contributed by atoms with Gasteiger partial charge < -0.3 is 5.11 Å². The Morgan fingerprint density at radius 2 is 2.19 bits per heavy atom. The van der Waals surface area contributed by atoms with Gasteiger partial charge in [-0.2, -0.15) is 9.57 Å². The molecule has 1 aromatic rings. The molecule has 1 aliphatic heterocycles. The van der Waals surface area contributed by atoms with Crippen molar-refractivity contribution >= 4 is 27.8 Å². The molecule has 2 atom stereocenters. The Kier molecular flexibility index (Phi) is 4.56. The van der Waals surface area contributed by atoms with Gasteiger partial charge in [-0.1, -0.05) is 19.1 Å². The molecule has 1 saturated heterocycles. The molecule has 0 aromatic heterocycles. The second kappa shape index (κ2) is 6.05. The lowest BCUT2D eigenvalue weighted by Gasteiger charge is -2.26. The lowest BCUT2D eigenvalue weighted by molar-refractivity contribution is -0.140. The molecule has 0 aliphatic carbocycles. The predicted octanol–water partition coefficient (Wildman–Crippen LogP) is 1.49. The van der Waals surface area contributed by atoms with Crippen molar-refractivity contribution in [3.05, 3.63) is 29.8 Å². The van der Waals surface area contributed by atoms with Crippen LogP contribution in [0.15, 0.2) is 29.2 Å². The van der Waals surface area contributed by atoms with Gasteiger partial charge in [-0.15, -0.1) is 11.8 Å². The fourth-order valence-corrected chi connectivity index (χ4v) is 5.93. The van der Waals surface area contributed by atoms with E-state index >= 15 is 0 Å². The fraction of sp³-hybridized carbons (Fsp3) is 0.385. The third kappa shape index (κ3) is 2.77. The Morgan fingerprint density at radius 3 is 2.76 bits per heavy atom. The van der Waals surface area contributed by atoms with Gasteiger partial charge in [0.2, 0.25) is 10.0 Å². The van der Waals surface area contributed by atoms with Crippen LogP contribution in [0.2, 0.25) is 0 Å². The number of hydrogen-bond donors (Lipinski definition) is 1. The summed E-state index contributed by atoms with van der Waals surface area (Å²) in [6.07, 6.45) is 0.502. The van der Waals surface area contributed by atoms with Gasteiger partial charge in [0, 0.05) is 5.75 Å². The number of rotatable bonds is 4. The molecule has 6 nitrogen and oxygen atoms in total. The van der Waals surface area contributed by atoms with Gasteiger partial charge in [0.05, 0.1) is 10.9 Å².